The Morgan fingerprint density at radius 3 is 2.21 bits per heavy atom. The zero-order valence-corrected chi connectivity index (χ0v) is 13.5. The van der Waals surface area contributed by atoms with Gasteiger partial charge in [0, 0.05) is 6.08 Å². The number of carbonyl (C=O) groups is 2. The maximum absolute atomic E-state index is 10.2. The minimum absolute atomic E-state index is 0.262. The molecule has 0 saturated carbocycles. The average Bonchev–Trinajstić information content (AvgIpc) is 3.39. The molecule has 0 aliphatic carbocycles. The van der Waals surface area contributed by atoms with Crippen molar-refractivity contribution in [1.29, 1.82) is 0 Å². The molecule has 132 valence electrons. The number of epoxide rings is 1. The summed E-state index contributed by atoms with van der Waals surface area (Å²) in [5, 5.41) is 15.9. The van der Waals surface area contributed by atoms with E-state index in [-0.39, 0.29) is 6.61 Å². The highest BCUT2D eigenvalue weighted by Crippen LogP contribution is 2.13. The van der Waals surface area contributed by atoms with E-state index in [4.69, 9.17) is 19.7 Å². The summed E-state index contributed by atoms with van der Waals surface area (Å²) >= 11 is 0. The van der Waals surface area contributed by atoms with E-state index in [0.717, 1.165) is 18.4 Å². The number of esters is 1. The Kier molecular flexibility index (Phi) is 11.2. The molecule has 1 atom stereocenters. The van der Waals surface area contributed by atoms with E-state index in [1.807, 2.05) is 30.3 Å². The SMILES string of the molecule is C=C(O)C(=O)OCC.C=CC(=O)O.c1ccc(OCC2CO2)cc1. The molecule has 0 spiro atoms. The van der Waals surface area contributed by atoms with Gasteiger partial charge >= 0.3 is 11.9 Å². The van der Waals surface area contributed by atoms with Gasteiger partial charge in [-0.05, 0) is 25.6 Å². The average molecular weight is 338 g/mol. The third kappa shape index (κ3) is 12.9. The molecule has 1 aliphatic heterocycles. The normalized spacial score (nSPS) is 13.8. The predicted octanol–water partition coefficient (Wildman–Crippen LogP) is 2.34. The molecular formula is C17H22O7. The summed E-state index contributed by atoms with van der Waals surface area (Å²) in [5.74, 6) is -1.37. The van der Waals surface area contributed by atoms with Gasteiger partial charge in [-0.3, -0.25) is 0 Å². The lowest BCUT2D eigenvalue weighted by Crippen LogP contribution is -2.05. The second-order valence-corrected chi connectivity index (χ2v) is 4.29. The molecular weight excluding hydrogens is 316 g/mol. The highest BCUT2D eigenvalue weighted by Gasteiger charge is 2.22. The quantitative estimate of drug-likeness (QED) is 0.355. The Morgan fingerprint density at radius 1 is 1.33 bits per heavy atom. The lowest BCUT2D eigenvalue weighted by molar-refractivity contribution is -0.141. The number of carboxylic acid groups (broad SMARTS) is 1. The monoisotopic (exact) mass is 338 g/mol. The Morgan fingerprint density at radius 2 is 1.88 bits per heavy atom. The van der Waals surface area contributed by atoms with Crippen LogP contribution in [0, 0.1) is 0 Å². The summed E-state index contributed by atoms with van der Waals surface area (Å²) < 4.78 is 14.7. The van der Waals surface area contributed by atoms with Crippen LogP contribution in [0.15, 0.2) is 55.3 Å². The molecule has 2 N–H and O–H groups in total. The van der Waals surface area contributed by atoms with Crippen molar-refractivity contribution >= 4 is 11.9 Å². The summed E-state index contributed by atoms with van der Waals surface area (Å²) in [4.78, 5) is 19.4. The van der Waals surface area contributed by atoms with Gasteiger partial charge in [-0.2, -0.15) is 0 Å². The van der Waals surface area contributed by atoms with Crippen LogP contribution in [0.25, 0.3) is 0 Å². The molecule has 0 radical (unpaired) electrons. The number of carbonyl (C=O) groups excluding carboxylic acids is 1. The first-order valence-electron chi connectivity index (χ1n) is 7.10. The maximum atomic E-state index is 10.2. The van der Waals surface area contributed by atoms with Crippen LogP contribution in [-0.4, -0.2) is 48.1 Å². The van der Waals surface area contributed by atoms with Crippen molar-refractivity contribution in [2.24, 2.45) is 0 Å². The van der Waals surface area contributed by atoms with Crippen LogP contribution in [0.4, 0.5) is 0 Å². The van der Waals surface area contributed by atoms with Gasteiger partial charge < -0.3 is 24.4 Å². The van der Waals surface area contributed by atoms with Crippen LogP contribution in [0.1, 0.15) is 6.92 Å². The number of benzene rings is 1. The van der Waals surface area contributed by atoms with Crippen molar-refractivity contribution in [3.63, 3.8) is 0 Å². The van der Waals surface area contributed by atoms with Gasteiger partial charge in [-0.1, -0.05) is 24.8 Å². The van der Waals surface area contributed by atoms with Gasteiger partial charge in [0.15, 0.2) is 5.76 Å². The van der Waals surface area contributed by atoms with E-state index in [1.54, 1.807) is 6.92 Å². The van der Waals surface area contributed by atoms with Crippen molar-refractivity contribution in [3.05, 3.63) is 55.3 Å². The van der Waals surface area contributed by atoms with Crippen LogP contribution < -0.4 is 4.74 Å². The Bertz CT molecular complexity index is 521. The molecule has 0 bridgehead atoms. The number of aliphatic carboxylic acids is 1. The first-order valence-corrected chi connectivity index (χ1v) is 7.10. The number of carboxylic acids is 1. The van der Waals surface area contributed by atoms with Gasteiger partial charge in [-0.25, -0.2) is 9.59 Å². The second-order valence-electron chi connectivity index (χ2n) is 4.29. The molecule has 1 aromatic rings. The molecule has 7 heteroatoms. The van der Waals surface area contributed by atoms with Gasteiger partial charge in [0.2, 0.25) is 0 Å². The molecule has 1 fully saturated rings. The summed E-state index contributed by atoms with van der Waals surface area (Å²) in [5.41, 5.74) is 0. The molecule has 1 heterocycles. The van der Waals surface area contributed by atoms with Crippen molar-refractivity contribution in [2.45, 2.75) is 13.0 Å². The minimum Gasteiger partial charge on any atom is -0.502 e. The molecule has 0 amide bonds. The lowest BCUT2D eigenvalue weighted by atomic mass is 10.3. The first kappa shape index (κ1) is 21.2. The maximum Gasteiger partial charge on any atom is 0.372 e. The first-order chi connectivity index (χ1) is 11.4. The van der Waals surface area contributed by atoms with Gasteiger partial charge in [0.05, 0.1) is 13.2 Å². The van der Waals surface area contributed by atoms with E-state index in [9.17, 15) is 9.59 Å². The van der Waals surface area contributed by atoms with Crippen molar-refractivity contribution < 1.29 is 34.0 Å². The van der Waals surface area contributed by atoms with Crippen molar-refractivity contribution in [3.8, 4) is 5.75 Å². The number of aliphatic hydroxyl groups is 1. The lowest BCUT2D eigenvalue weighted by Gasteiger charge is -2.01. The zero-order valence-electron chi connectivity index (χ0n) is 13.5. The number of hydrogen-bond acceptors (Lipinski definition) is 6. The third-order valence-corrected chi connectivity index (χ3v) is 2.27. The number of ether oxygens (including phenoxy) is 3. The van der Waals surface area contributed by atoms with E-state index < -0.39 is 17.7 Å². The summed E-state index contributed by atoms with van der Waals surface area (Å²) in [6.07, 6.45) is 1.18. The molecule has 2 rings (SSSR count). The van der Waals surface area contributed by atoms with Gasteiger partial charge in [0.1, 0.15) is 18.5 Å². The van der Waals surface area contributed by atoms with Crippen LogP contribution in [0.5, 0.6) is 5.75 Å². The fraction of sp³-hybridized carbons (Fsp3) is 0.294. The molecule has 1 aliphatic rings. The number of hydrogen-bond donors (Lipinski definition) is 2. The standard InChI is InChI=1S/C9H10O2.C5H8O3.C3H4O2/c1-2-4-8(5-3-1)10-6-9-7-11-9;1-3-8-5(7)4(2)6;1-2-3(4)5/h1-5,9H,6-7H2;6H,2-3H2,1H3;2H,1H2,(H,4,5). The highest BCUT2D eigenvalue weighted by atomic mass is 16.6. The summed E-state index contributed by atoms with van der Waals surface area (Å²) in [6.45, 7) is 9.37. The molecule has 24 heavy (non-hydrogen) atoms. The van der Waals surface area contributed by atoms with Crippen LogP contribution in [-0.2, 0) is 19.1 Å². The van der Waals surface area contributed by atoms with E-state index in [1.165, 1.54) is 0 Å². The van der Waals surface area contributed by atoms with Crippen LogP contribution in [0.2, 0.25) is 0 Å². The summed E-state index contributed by atoms with van der Waals surface area (Å²) in [7, 11) is 0. The molecule has 7 nitrogen and oxygen atoms in total. The topological polar surface area (TPSA) is 106 Å². The Balaban J connectivity index is 0.000000361. The van der Waals surface area contributed by atoms with E-state index >= 15 is 0 Å². The zero-order chi connectivity index (χ0) is 18.4. The fourth-order valence-corrected chi connectivity index (χ4v) is 1.08. The molecule has 1 saturated heterocycles. The predicted molar refractivity (Wildman–Crippen MR) is 87.9 cm³/mol. The molecule has 1 unspecified atom stereocenters. The number of para-hydroxylation sites is 1. The largest absolute Gasteiger partial charge is 0.502 e. The summed E-state index contributed by atoms with van der Waals surface area (Å²) in [6, 6.07) is 9.79. The van der Waals surface area contributed by atoms with Gasteiger partial charge in [0.25, 0.3) is 0 Å². The van der Waals surface area contributed by atoms with Crippen LogP contribution >= 0.6 is 0 Å². The van der Waals surface area contributed by atoms with Gasteiger partial charge in [-0.15, -0.1) is 0 Å². The molecule has 1 aromatic carbocycles. The van der Waals surface area contributed by atoms with Crippen LogP contribution in [0.3, 0.4) is 0 Å². The highest BCUT2D eigenvalue weighted by molar-refractivity contribution is 5.84. The van der Waals surface area contributed by atoms with Crippen molar-refractivity contribution in [1.82, 2.24) is 0 Å². The molecule has 0 aromatic heterocycles. The Labute approximate surface area is 140 Å². The third-order valence-electron chi connectivity index (χ3n) is 2.27. The van der Waals surface area contributed by atoms with E-state index in [0.29, 0.717) is 12.7 Å². The second kappa shape index (κ2) is 12.7. The smallest absolute Gasteiger partial charge is 0.372 e. The fourth-order valence-electron chi connectivity index (χ4n) is 1.08. The number of aliphatic hydroxyl groups excluding tert-OH is 1. The Hall–Kier alpha value is -2.80. The minimum atomic E-state index is -0.981. The van der Waals surface area contributed by atoms with E-state index in [2.05, 4.69) is 17.9 Å². The van der Waals surface area contributed by atoms with Crippen molar-refractivity contribution in [2.75, 3.05) is 19.8 Å². The number of rotatable bonds is 6.